The van der Waals surface area contributed by atoms with Crippen LogP contribution in [0.5, 0.6) is 0 Å². The molecule has 0 aliphatic carbocycles. The number of rotatable bonds is 17. The lowest BCUT2D eigenvalue weighted by Gasteiger charge is -2.44. The van der Waals surface area contributed by atoms with Crippen molar-refractivity contribution in [2.45, 2.75) is 75.2 Å². The van der Waals surface area contributed by atoms with E-state index in [2.05, 4.69) is 0 Å². The lowest BCUT2D eigenvalue weighted by molar-refractivity contribution is -0.237. The van der Waals surface area contributed by atoms with Gasteiger partial charge in [0.05, 0.1) is 43.1 Å². The number of carbonyl (C=O) groups is 5. The minimum absolute atomic E-state index is 0.155. The predicted molar refractivity (Wildman–Crippen MR) is 216 cm³/mol. The molecule has 2 aliphatic rings. The van der Waals surface area contributed by atoms with Gasteiger partial charge in [-0.15, -0.1) is 11.8 Å². The van der Waals surface area contributed by atoms with E-state index in [1.165, 1.54) is 25.6 Å². The molecule has 60 heavy (non-hydrogen) atoms. The van der Waals surface area contributed by atoms with Gasteiger partial charge >= 0.3 is 29.8 Å². The smallest absolute Gasteiger partial charge is 0.338 e. The summed E-state index contributed by atoms with van der Waals surface area (Å²) in [4.78, 5) is 66.4. The van der Waals surface area contributed by atoms with Gasteiger partial charge in [-0.2, -0.15) is 0 Å². The Hall–Kier alpha value is -5.58. The number of esters is 5. The SMILES string of the molecule is CCS[C@@H]1O[C@H](CO[C@@H]2OC[C@@](COCc3ccccc3)(OC(C)=O)[C@H]2OC(C)=O)[C@@H](OC(=O)c2ccccc2)[C@H](OC(=O)c2ccccc2)[C@H]1OC(=O)c1ccccc1. The number of hydrogen-bond donors (Lipinski definition) is 0. The maximum Gasteiger partial charge on any atom is 0.338 e. The average molecular weight is 843 g/mol. The molecule has 0 unspecified atom stereocenters. The van der Waals surface area contributed by atoms with E-state index in [1.54, 1.807) is 91.0 Å². The molecule has 0 amide bonds. The molecule has 4 aromatic carbocycles. The Morgan fingerprint density at radius 2 is 1.15 bits per heavy atom. The highest BCUT2D eigenvalue weighted by Gasteiger charge is 2.58. The fourth-order valence-electron chi connectivity index (χ4n) is 6.76. The van der Waals surface area contributed by atoms with Crippen LogP contribution in [0.2, 0.25) is 0 Å². The summed E-state index contributed by atoms with van der Waals surface area (Å²) < 4.78 is 54.8. The first-order chi connectivity index (χ1) is 29.1. The number of hydrogen-bond acceptors (Lipinski definition) is 15. The third-order valence-corrected chi connectivity index (χ3v) is 10.5. The van der Waals surface area contributed by atoms with Crippen LogP contribution in [0.15, 0.2) is 121 Å². The first kappa shape index (κ1) is 44.0. The summed E-state index contributed by atoms with van der Waals surface area (Å²) in [7, 11) is 0. The van der Waals surface area contributed by atoms with Crippen molar-refractivity contribution in [2.24, 2.45) is 0 Å². The second-order valence-electron chi connectivity index (χ2n) is 13.9. The molecule has 0 radical (unpaired) electrons. The summed E-state index contributed by atoms with van der Waals surface area (Å²) in [5.41, 5.74) is -1.13. The highest BCUT2D eigenvalue weighted by atomic mass is 32.2. The van der Waals surface area contributed by atoms with Gasteiger partial charge in [-0.1, -0.05) is 91.9 Å². The standard InChI is InChI=1S/C45H46O14S/c1-4-60-44-38(58-42(50)34-23-15-8-16-24-34)37(57-41(49)33-21-13-7-14-22-33)36(56-40(48)32-19-11-6-12-20-32)35(55-44)26-52-43-39(54-29(2)46)45(28-53-43,59-30(3)47)27-51-25-31-17-9-5-10-18-31/h5-24,35-39,43-44H,4,25-28H2,1-3H3/t35-,36-,37+,38-,39+,43-,44+,45-/m1/s1. The van der Waals surface area contributed by atoms with Crippen molar-refractivity contribution in [1.29, 1.82) is 0 Å². The topological polar surface area (TPSA) is 168 Å². The number of carbonyl (C=O) groups excluding carboxylic acids is 5. The van der Waals surface area contributed by atoms with Crippen molar-refractivity contribution < 1.29 is 66.6 Å². The fraction of sp³-hybridized carbons (Fsp3) is 0.356. The minimum Gasteiger partial charge on any atom is -0.453 e. The Bertz CT molecular complexity index is 2040. The van der Waals surface area contributed by atoms with E-state index in [0.29, 0.717) is 5.75 Å². The molecule has 0 N–H and O–H groups in total. The highest BCUT2D eigenvalue weighted by Crippen LogP contribution is 2.38. The van der Waals surface area contributed by atoms with Crippen molar-refractivity contribution in [3.05, 3.63) is 144 Å². The Kier molecular flexibility index (Phi) is 15.5. The molecule has 0 bridgehead atoms. The number of benzene rings is 4. The zero-order chi connectivity index (χ0) is 42.5. The second-order valence-corrected chi connectivity index (χ2v) is 15.3. The minimum atomic E-state index is -1.62. The van der Waals surface area contributed by atoms with Gasteiger partial charge in [0.25, 0.3) is 0 Å². The molecule has 0 saturated carbocycles. The summed E-state index contributed by atoms with van der Waals surface area (Å²) in [6.07, 6.45) is -8.07. The van der Waals surface area contributed by atoms with Crippen LogP contribution < -0.4 is 0 Å². The Morgan fingerprint density at radius 3 is 1.65 bits per heavy atom. The Morgan fingerprint density at radius 1 is 0.650 bits per heavy atom. The molecular weight excluding hydrogens is 797 g/mol. The van der Waals surface area contributed by atoms with Crippen LogP contribution in [-0.2, 0) is 58.8 Å². The first-order valence-electron chi connectivity index (χ1n) is 19.3. The van der Waals surface area contributed by atoms with Crippen molar-refractivity contribution in [2.75, 3.05) is 25.6 Å². The molecule has 2 heterocycles. The van der Waals surface area contributed by atoms with Crippen molar-refractivity contribution in [1.82, 2.24) is 0 Å². The largest absolute Gasteiger partial charge is 0.453 e. The van der Waals surface area contributed by atoms with Crippen molar-refractivity contribution in [3.63, 3.8) is 0 Å². The van der Waals surface area contributed by atoms with Gasteiger partial charge in [0, 0.05) is 13.8 Å². The van der Waals surface area contributed by atoms with Crippen LogP contribution in [0.25, 0.3) is 0 Å². The lowest BCUT2D eigenvalue weighted by Crippen LogP contribution is -2.62. The molecule has 2 saturated heterocycles. The van der Waals surface area contributed by atoms with Crippen molar-refractivity contribution in [3.8, 4) is 0 Å². The normalized spacial score (nSPS) is 24.8. The zero-order valence-corrected chi connectivity index (χ0v) is 34.1. The van der Waals surface area contributed by atoms with Gasteiger partial charge in [0.2, 0.25) is 0 Å². The van der Waals surface area contributed by atoms with Gasteiger partial charge in [0.15, 0.2) is 36.3 Å². The van der Waals surface area contributed by atoms with Crippen LogP contribution in [0.4, 0.5) is 0 Å². The summed E-state index contributed by atoms with van der Waals surface area (Å²) in [5, 5.41) is 0. The molecule has 4 aromatic rings. The van der Waals surface area contributed by atoms with Gasteiger partial charge < -0.3 is 42.6 Å². The Balaban J connectivity index is 1.33. The predicted octanol–water partition coefficient (Wildman–Crippen LogP) is 5.96. The molecule has 2 aliphatic heterocycles. The van der Waals surface area contributed by atoms with Gasteiger partial charge in [-0.25, -0.2) is 14.4 Å². The van der Waals surface area contributed by atoms with Crippen LogP contribution in [-0.4, -0.2) is 103 Å². The molecule has 316 valence electrons. The summed E-state index contributed by atoms with van der Waals surface area (Å²) in [6, 6.07) is 33.9. The second kappa shape index (κ2) is 21.1. The van der Waals surface area contributed by atoms with E-state index < -0.39 is 84.3 Å². The molecule has 8 atom stereocenters. The zero-order valence-electron chi connectivity index (χ0n) is 33.2. The lowest BCUT2D eigenvalue weighted by atomic mass is 9.98. The van der Waals surface area contributed by atoms with E-state index in [0.717, 1.165) is 5.56 Å². The van der Waals surface area contributed by atoms with E-state index in [4.69, 9.17) is 42.6 Å². The first-order valence-corrected chi connectivity index (χ1v) is 20.4. The Labute approximate surface area is 351 Å². The van der Waals surface area contributed by atoms with Crippen LogP contribution in [0, 0.1) is 0 Å². The molecule has 2 fully saturated rings. The quantitative estimate of drug-likeness (QED) is 0.0901. The third-order valence-electron chi connectivity index (χ3n) is 9.46. The average Bonchev–Trinajstić information content (AvgIpc) is 3.57. The van der Waals surface area contributed by atoms with Crippen LogP contribution in [0.1, 0.15) is 57.4 Å². The van der Waals surface area contributed by atoms with Gasteiger partial charge in [-0.3, -0.25) is 9.59 Å². The van der Waals surface area contributed by atoms with Crippen molar-refractivity contribution >= 4 is 41.6 Å². The molecule has 0 aromatic heterocycles. The molecule has 15 heteroatoms. The fourth-order valence-corrected chi connectivity index (χ4v) is 7.71. The third kappa shape index (κ3) is 11.4. The van der Waals surface area contributed by atoms with Gasteiger partial charge in [0.1, 0.15) is 11.5 Å². The van der Waals surface area contributed by atoms with E-state index >= 15 is 0 Å². The van der Waals surface area contributed by atoms with Gasteiger partial charge in [-0.05, 0) is 47.7 Å². The highest BCUT2D eigenvalue weighted by molar-refractivity contribution is 7.99. The molecule has 0 spiro atoms. The number of thioether (sulfide) groups is 1. The van der Waals surface area contributed by atoms with E-state index in [9.17, 15) is 24.0 Å². The maximum absolute atomic E-state index is 13.8. The van der Waals surface area contributed by atoms with E-state index in [1.807, 2.05) is 37.3 Å². The van der Waals surface area contributed by atoms with Crippen LogP contribution >= 0.6 is 11.8 Å². The van der Waals surface area contributed by atoms with Crippen LogP contribution in [0.3, 0.4) is 0 Å². The molecule has 6 rings (SSSR count). The van der Waals surface area contributed by atoms with E-state index in [-0.39, 0.29) is 36.5 Å². The molecular formula is C45H46O14S. The monoisotopic (exact) mass is 842 g/mol. The maximum atomic E-state index is 13.8. The summed E-state index contributed by atoms with van der Waals surface area (Å²) in [5.74, 6) is -3.21. The summed E-state index contributed by atoms with van der Waals surface area (Å²) >= 11 is 1.26. The summed E-state index contributed by atoms with van der Waals surface area (Å²) in [6.45, 7) is 3.52. The number of ether oxygens (including phenoxy) is 9. The molecule has 14 nitrogen and oxygen atoms in total.